The van der Waals surface area contributed by atoms with Gasteiger partial charge >= 0.3 is 23.9 Å². The summed E-state index contributed by atoms with van der Waals surface area (Å²) in [5.74, 6) is -4.88. The molecule has 1 saturated carbocycles. The third-order valence-electron chi connectivity index (χ3n) is 22.8. The van der Waals surface area contributed by atoms with Crippen LogP contribution < -0.4 is 41.7 Å². The number of benzene rings is 3. The molecule has 3 fully saturated rings. The summed E-state index contributed by atoms with van der Waals surface area (Å²) in [4.78, 5) is 130. The molecule has 2 bridgehead atoms. The Hall–Kier alpha value is -8.65. The summed E-state index contributed by atoms with van der Waals surface area (Å²) in [6.07, 6.45) is 9.13. The van der Waals surface area contributed by atoms with Crippen LogP contribution >= 0.6 is 0 Å². The quantitative estimate of drug-likeness (QED) is 0.0119. The van der Waals surface area contributed by atoms with E-state index in [0.29, 0.717) is 123 Å². The van der Waals surface area contributed by atoms with E-state index in [0.717, 1.165) is 32.5 Å². The first-order valence-electron chi connectivity index (χ1n) is 34.9. The van der Waals surface area contributed by atoms with E-state index >= 15 is 9.90 Å². The van der Waals surface area contributed by atoms with E-state index in [2.05, 4.69) is 31.2 Å². The third kappa shape index (κ3) is 12.7. The number of hydrogen-bond donors (Lipinski definition) is 7. The second-order valence-corrected chi connectivity index (χ2v) is 28.9. The number of rotatable bonds is 25. The highest BCUT2D eigenvalue weighted by Gasteiger charge is 2.77. The zero-order valence-corrected chi connectivity index (χ0v) is 58.3. The first-order chi connectivity index (χ1) is 47.2. The van der Waals surface area contributed by atoms with Gasteiger partial charge in [0.15, 0.2) is 0 Å². The molecule has 7 aliphatic rings. The van der Waals surface area contributed by atoms with Crippen LogP contribution in [0.4, 0.5) is 16.2 Å². The number of urea groups is 1. The predicted molar refractivity (Wildman–Crippen MR) is 365 cm³/mol. The molecule has 99 heavy (non-hydrogen) atoms. The number of anilines is 2. The minimum atomic E-state index is -2.65. The van der Waals surface area contributed by atoms with Gasteiger partial charge in [-0.25, -0.2) is 4.79 Å². The summed E-state index contributed by atoms with van der Waals surface area (Å²) in [6.45, 7) is 12.2. The lowest BCUT2D eigenvalue weighted by Gasteiger charge is -2.68. The molecule has 532 valence electrons. The number of nitrogens with two attached hydrogens (primary N) is 1. The Morgan fingerprint density at radius 3 is 2.26 bits per heavy atom. The molecule has 12 atom stereocenters. The van der Waals surface area contributed by atoms with E-state index in [-0.39, 0.29) is 68.3 Å². The molecular weight excluding hydrogens is 1270 g/mol. The number of piperidine rings is 1. The fraction of sp³-hybridized carbons (Fsp3) is 0.554. The molecule has 3 aromatic carbocycles. The van der Waals surface area contributed by atoms with Gasteiger partial charge in [0.25, 0.3) is 11.8 Å². The number of fused-ring (bicyclic) bond motifs is 6. The molecule has 7 amide bonds. The maximum Gasteiger partial charge on any atom is 0.322 e. The zero-order valence-electron chi connectivity index (χ0n) is 58.3. The molecular formula is C74H96N10O15. The number of aromatic nitrogens is 1. The lowest BCUT2D eigenvalue weighted by molar-refractivity contribution is -0.954. The van der Waals surface area contributed by atoms with Gasteiger partial charge in [-0.3, -0.25) is 48.2 Å². The number of quaternary nitrogens is 1. The van der Waals surface area contributed by atoms with Crippen LogP contribution in [0.3, 0.4) is 0 Å². The van der Waals surface area contributed by atoms with E-state index < -0.39 is 93.5 Å². The summed E-state index contributed by atoms with van der Waals surface area (Å²) in [6, 6.07) is 14.9. The number of carbonyl (C=O) groups excluding carboxylic acids is 9. The van der Waals surface area contributed by atoms with Crippen molar-refractivity contribution in [1.29, 1.82) is 0 Å². The number of para-hydroxylation sites is 1. The largest absolute Gasteiger partial charge is 0.837 e. The van der Waals surface area contributed by atoms with Crippen LogP contribution in [0.25, 0.3) is 10.9 Å². The number of aromatic amines is 1. The third-order valence-corrected chi connectivity index (χ3v) is 22.8. The fourth-order valence-electron chi connectivity index (χ4n) is 18.7. The van der Waals surface area contributed by atoms with Gasteiger partial charge in [-0.15, -0.1) is 0 Å². The van der Waals surface area contributed by atoms with Gasteiger partial charge in [0, 0.05) is 138 Å². The van der Waals surface area contributed by atoms with Gasteiger partial charge < -0.3 is 70.5 Å². The van der Waals surface area contributed by atoms with Crippen molar-refractivity contribution in [2.45, 2.75) is 171 Å². The number of likely N-dealkylation sites (N-methyl/N-ethyl adjacent to an activating group) is 1. The van der Waals surface area contributed by atoms with Crippen molar-refractivity contribution in [3.05, 3.63) is 113 Å². The summed E-state index contributed by atoms with van der Waals surface area (Å²) >= 11 is 0. The van der Waals surface area contributed by atoms with E-state index in [1.54, 1.807) is 40.1 Å². The Morgan fingerprint density at radius 1 is 0.869 bits per heavy atom. The van der Waals surface area contributed by atoms with Gasteiger partial charge in [0.05, 0.1) is 34.4 Å². The average Bonchev–Trinajstić information content (AvgIpc) is 1.50. The molecule has 7 heterocycles. The number of carbonyl (C=O) groups is 9. The number of nitrogens with one attached hydrogen (secondary N) is 5. The normalized spacial score (nSPS) is 28.7. The lowest BCUT2D eigenvalue weighted by Crippen LogP contribution is -2.85. The number of ether oxygens (including phenoxy) is 4. The number of H-pyrrole nitrogens is 1. The summed E-state index contributed by atoms with van der Waals surface area (Å²) in [5.41, 5.74) is 3.15. The molecule has 8 N–H and O–H groups in total. The molecule has 0 unspecified atom stereocenters. The van der Waals surface area contributed by atoms with Crippen molar-refractivity contribution in [2.75, 3.05) is 84.4 Å². The van der Waals surface area contributed by atoms with E-state index in [9.17, 15) is 43.5 Å². The molecule has 0 radical (unpaired) electrons. The van der Waals surface area contributed by atoms with Crippen molar-refractivity contribution in [2.24, 2.45) is 23.0 Å². The fourth-order valence-corrected chi connectivity index (χ4v) is 18.7. The van der Waals surface area contributed by atoms with Crippen LogP contribution in [0.15, 0.2) is 85.0 Å². The number of amides is 7. The monoisotopic (exact) mass is 1360 g/mol. The molecule has 1 aromatic heterocycles. The van der Waals surface area contributed by atoms with Crippen molar-refractivity contribution >= 4 is 75.8 Å². The van der Waals surface area contributed by atoms with Crippen LogP contribution in [0.5, 0.6) is 5.75 Å². The maximum atomic E-state index is 16.6. The SMILES string of the molecule is CC[C@]1(O)C[C@H]2C[C@](C(=O)OC)(c3cc4c(cc3OC)N(C)[C@H]3[C@@]([O-])(C(=O)OC)[C@H](OC(C)=O)[C@]5(CC)C=CCN6CC[C@]43[C@@H]65)c3[nH]c4ccccc4c3CC[N@+](Cc3ccc(NC(=O)[C@H](CCCNC(N)=O)NC(=O)[C@@H](NC(=O)CCCCCN4C(=O)C=CC4=O)C(C)C)cc3)(C2)C1. The first-order valence-corrected chi connectivity index (χ1v) is 34.9. The van der Waals surface area contributed by atoms with Gasteiger partial charge in [0.1, 0.15) is 48.0 Å². The van der Waals surface area contributed by atoms with Crippen LogP contribution in [0.1, 0.15) is 133 Å². The van der Waals surface area contributed by atoms with Gasteiger partial charge in [-0.2, -0.15) is 0 Å². The molecule has 1 aliphatic carbocycles. The van der Waals surface area contributed by atoms with Crippen LogP contribution in [0.2, 0.25) is 0 Å². The number of methoxy groups -OCH3 is 3. The maximum absolute atomic E-state index is 16.6. The zero-order chi connectivity index (χ0) is 71.1. The lowest BCUT2D eigenvalue weighted by atomic mass is 9.47. The summed E-state index contributed by atoms with van der Waals surface area (Å²) in [7, 11) is 5.92. The second-order valence-electron chi connectivity index (χ2n) is 28.9. The number of aliphatic hydroxyl groups is 1. The Kier molecular flexibility index (Phi) is 20.4. The van der Waals surface area contributed by atoms with Crippen molar-refractivity contribution in [1.82, 2.24) is 30.7 Å². The molecule has 11 rings (SSSR count). The highest BCUT2D eigenvalue weighted by molar-refractivity contribution is 6.13. The van der Waals surface area contributed by atoms with Gasteiger partial charge in [-0.05, 0) is 106 Å². The predicted octanol–water partition coefficient (Wildman–Crippen LogP) is 4.57. The van der Waals surface area contributed by atoms with E-state index in [1.807, 2.05) is 79.4 Å². The number of esters is 3. The number of imide groups is 1. The van der Waals surface area contributed by atoms with Crippen LogP contribution in [-0.2, 0) is 76.4 Å². The van der Waals surface area contributed by atoms with Crippen LogP contribution in [-0.4, -0.2) is 194 Å². The van der Waals surface area contributed by atoms with E-state index in [4.69, 9.17) is 24.7 Å². The highest BCUT2D eigenvalue weighted by atomic mass is 16.6. The molecule has 6 aliphatic heterocycles. The Morgan fingerprint density at radius 2 is 1.60 bits per heavy atom. The Labute approximate surface area is 577 Å². The molecule has 25 nitrogen and oxygen atoms in total. The van der Waals surface area contributed by atoms with Crippen molar-refractivity contribution < 1.29 is 76.8 Å². The standard InChI is InChI=1S/C74H96N10O15/c1-10-70(94)39-47-40-73(67(91)97-8,52-37-51-55(38-56(52)96-7)81(6)65-72(51)31-35-82-33-18-30-71(11-2,64(72)82)66(99-45(5)85)74(65,95)68(92)98-9)61-50(49-19-14-15-20-53(49)78-61)29-36-84(42-47,43-70)41-46-23-25-48(26-24-46)77-62(89)54(21-17-32-76-69(75)93)79-63(90)60(44(3)4)80-57(86)22-13-12-16-34-83-58(87)27-28-59(83)88/h14-15,18-20,23-28,30,37-38,44,47,54,60,64-66,78,94H,10-13,16-17,21-22,29,31-36,39-43H2,1-9H3,(H,77,89)(H,79,90)(H,80,86)(H3,75,76,93)/t47-,54-,60-,64-,65+,66+,70-,71+,72+,73-,74-,84-/m0/s1. The first kappa shape index (κ1) is 71.6. The molecule has 4 aromatic rings. The summed E-state index contributed by atoms with van der Waals surface area (Å²) < 4.78 is 24.7. The molecule has 1 spiro atoms. The smallest absolute Gasteiger partial charge is 0.322 e. The molecule has 2 saturated heterocycles. The van der Waals surface area contributed by atoms with Gasteiger partial charge in [0.2, 0.25) is 17.7 Å². The average molecular weight is 1370 g/mol. The minimum absolute atomic E-state index is 0.0949. The number of primary amides is 1. The Balaban J connectivity index is 0.909. The number of hydrogen-bond acceptors (Lipinski definition) is 17. The molecule has 25 heteroatoms. The Bertz CT molecular complexity index is 3870. The number of nitrogens with zero attached hydrogens (tertiary/aromatic N) is 4. The van der Waals surface area contributed by atoms with E-state index in [1.165, 1.54) is 33.3 Å². The van der Waals surface area contributed by atoms with Crippen molar-refractivity contribution in [3.63, 3.8) is 0 Å². The number of unbranched alkanes of at least 4 members (excludes halogenated alkanes) is 2. The summed E-state index contributed by atoms with van der Waals surface area (Å²) in [5, 5.41) is 41.7. The minimum Gasteiger partial charge on any atom is -0.837 e. The highest BCUT2D eigenvalue weighted by Crippen LogP contribution is 2.68. The van der Waals surface area contributed by atoms with Gasteiger partial charge in [-0.1, -0.05) is 76.6 Å². The van der Waals surface area contributed by atoms with Crippen LogP contribution in [0, 0.1) is 17.3 Å². The second kappa shape index (κ2) is 28.2. The topological polar surface area (TPSA) is 333 Å². The van der Waals surface area contributed by atoms with Crippen molar-refractivity contribution in [3.8, 4) is 5.75 Å².